The predicted octanol–water partition coefficient (Wildman–Crippen LogP) is 4.87. The number of rotatable bonds is 6. The maximum absolute atomic E-state index is 13.6. The molecule has 0 radical (unpaired) electrons. The number of hydrogen-bond acceptors (Lipinski definition) is 4. The number of nitrogens with zero attached hydrogens (tertiary/aromatic N) is 1. The van der Waals surface area contributed by atoms with Gasteiger partial charge < -0.3 is 16.0 Å². The number of anilines is 3. The molecule has 4 rings (SSSR count). The smallest absolute Gasteiger partial charge is 0.355 e. The largest absolute Gasteiger partial charge is 0.419 e. The van der Waals surface area contributed by atoms with Crippen molar-refractivity contribution in [2.45, 2.75) is 24.4 Å². The second-order valence-corrected chi connectivity index (χ2v) is 7.76. The highest BCUT2D eigenvalue weighted by Crippen LogP contribution is 2.49. The number of halogens is 3. The first-order chi connectivity index (χ1) is 15.7. The van der Waals surface area contributed by atoms with E-state index in [1.807, 2.05) is 30.3 Å². The van der Waals surface area contributed by atoms with Gasteiger partial charge in [0.1, 0.15) is 5.82 Å². The molecule has 6 nitrogen and oxygen atoms in total. The summed E-state index contributed by atoms with van der Waals surface area (Å²) in [6.45, 7) is 0. The molecule has 0 atom stereocenters. The van der Waals surface area contributed by atoms with Gasteiger partial charge in [0.2, 0.25) is 5.91 Å². The monoisotopic (exact) mass is 454 g/mol. The Morgan fingerprint density at radius 1 is 0.970 bits per heavy atom. The summed E-state index contributed by atoms with van der Waals surface area (Å²) in [5.74, 6) is -0.791. The van der Waals surface area contributed by atoms with Crippen LogP contribution in [0.2, 0.25) is 0 Å². The number of amides is 2. The molecule has 1 saturated carbocycles. The van der Waals surface area contributed by atoms with Crippen molar-refractivity contribution in [2.75, 3.05) is 17.7 Å². The fraction of sp³-hybridized carbons (Fsp3) is 0.208. The van der Waals surface area contributed by atoms with Gasteiger partial charge in [-0.3, -0.25) is 9.59 Å². The van der Waals surface area contributed by atoms with Crippen LogP contribution in [-0.4, -0.2) is 23.8 Å². The van der Waals surface area contributed by atoms with E-state index < -0.39 is 23.1 Å². The maximum atomic E-state index is 13.6. The molecule has 2 aromatic carbocycles. The second-order valence-electron chi connectivity index (χ2n) is 7.76. The van der Waals surface area contributed by atoms with Crippen LogP contribution in [0.15, 0.2) is 66.9 Å². The van der Waals surface area contributed by atoms with Crippen molar-refractivity contribution >= 4 is 29.0 Å². The standard InChI is InChI=1S/C24H21F3N4O2/c1-28-21(32)16-9-5-6-10-18(16)30-19-13-20(29-14-17(19)24(25,26)27)31-22(33)23(11-12-23)15-7-3-2-4-8-15/h2-10,13-14H,11-12H2,1H3,(H,28,32)(H2,29,30,31,33). The van der Waals surface area contributed by atoms with E-state index in [2.05, 4.69) is 20.9 Å². The number of carbonyl (C=O) groups is 2. The fourth-order valence-electron chi connectivity index (χ4n) is 3.69. The number of carbonyl (C=O) groups excluding carboxylic acids is 2. The van der Waals surface area contributed by atoms with Gasteiger partial charge in [-0.1, -0.05) is 42.5 Å². The van der Waals surface area contributed by atoms with Gasteiger partial charge in [-0.2, -0.15) is 13.2 Å². The molecule has 0 spiro atoms. The third kappa shape index (κ3) is 4.52. The summed E-state index contributed by atoms with van der Waals surface area (Å²) in [5, 5.41) is 7.81. The minimum absolute atomic E-state index is 0.0184. The lowest BCUT2D eigenvalue weighted by molar-refractivity contribution is -0.137. The van der Waals surface area contributed by atoms with E-state index in [0.717, 1.165) is 11.6 Å². The third-order valence-electron chi connectivity index (χ3n) is 5.63. The van der Waals surface area contributed by atoms with E-state index in [4.69, 9.17) is 0 Å². The summed E-state index contributed by atoms with van der Waals surface area (Å²) in [4.78, 5) is 28.9. The summed E-state index contributed by atoms with van der Waals surface area (Å²) in [7, 11) is 1.43. The topological polar surface area (TPSA) is 83.1 Å². The number of para-hydroxylation sites is 1. The maximum Gasteiger partial charge on any atom is 0.419 e. The van der Waals surface area contributed by atoms with Crippen LogP contribution in [0.25, 0.3) is 0 Å². The molecule has 2 amide bonds. The number of pyridine rings is 1. The number of aromatic nitrogens is 1. The Labute approximate surface area is 188 Å². The summed E-state index contributed by atoms with van der Waals surface area (Å²) in [6.07, 6.45) is -2.73. The normalized spacial score (nSPS) is 14.3. The average molecular weight is 454 g/mol. The molecule has 1 aliphatic rings. The predicted molar refractivity (Wildman–Crippen MR) is 118 cm³/mol. The quantitative estimate of drug-likeness (QED) is 0.496. The van der Waals surface area contributed by atoms with Crippen LogP contribution in [0.5, 0.6) is 0 Å². The third-order valence-corrected chi connectivity index (χ3v) is 5.63. The highest BCUT2D eigenvalue weighted by Gasteiger charge is 2.51. The fourth-order valence-corrected chi connectivity index (χ4v) is 3.69. The minimum atomic E-state index is -4.69. The van der Waals surface area contributed by atoms with Crippen molar-refractivity contribution in [2.24, 2.45) is 0 Å². The van der Waals surface area contributed by atoms with Crippen LogP contribution >= 0.6 is 0 Å². The molecule has 1 aliphatic carbocycles. The van der Waals surface area contributed by atoms with E-state index in [9.17, 15) is 22.8 Å². The lowest BCUT2D eigenvalue weighted by Crippen LogP contribution is -2.28. The zero-order chi connectivity index (χ0) is 23.6. The van der Waals surface area contributed by atoms with Gasteiger partial charge >= 0.3 is 6.18 Å². The first-order valence-corrected chi connectivity index (χ1v) is 10.3. The molecule has 1 fully saturated rings. The molecule has 3 N–H and O–H groups in total. The molecule has 0 aliphatic heterocycles. The molecule has 0 saturated heterocycles. The van der Waals surface area contributed by atoms with Gasteiger partial charge in [0.15, 0.2) is 0 Å². The average Bonchev–Trinajstić information content (AvgIpc) is 3.61. The molecule has 1 heterocycles. The number of benzene rings is 2. The van der Waals surface area contributed by atoms with Crippen molar-refractivity contribution in [3.05, 3.63) is 83.6 Å². The van der Waals surface area contributed by atoms with E-state index in [-0.39, 0.29) is 28.7 Å². The zero-order valence-electron chi connectivity index (χ0n) is 17.7. The Kier molecular flexibility index (Phi) is 5.80. The van der Waals surface area contributed by atoms with Crippen LogP contribution in [0, 0.1) is 0 Å². The summed E-state index contributed by atoms with van der Waals surface area (Å²) in [5.41, 5.74) is -0.826. The first kappa shape index (κ1) is 22.3. The van der Waals surface area contributed by atoms with Crippen molar-refractivity contribution in [3.8, 4) is 0 Å². The molecule has 1 aromatic heterocycles. The van der Waals surface area contributed by atoms with Crippen LogP contribution in [-0.2, 0) is 16.4 Å². The second kappa shape index (κ2) is 8.57. The first-order valence-electron chi connectivity index (χ1n) is 10.3. The molecule has 9 heteroatoms. The highest BCUT2D eigenvalue weighted by atomic mass is 19.4. The molecule has 170 valence electrons. The van der Waals surface area contributed by atoms with Crippen molar-refractivity contribution < 1.29 is 22.8 Å². The Morgan fingerprint density at radius 3 is 2.27 bits per heavy atom. The Bertz CT molecular complexity index is 1190. The summed E-state index contributed by atoms with van der Waals surface area (Å²) < 4.78 is 40.9. The number of nitrogens with one attached hydrogen (secondary N) is 3. The van der Waals surface area contributed by atoms with E-state index in [1.54, 1.807) is 12.1 Å². The lowest BCUT2D eigenvalue weighted by Gasteiger charge is -2.19. The van der Waals surface area contributed by atoms with Crippen molar-refractivity contribution in [1.82, 2.24) is 10.3 Å². The minimum Gasteiger partial charge on any atom is -0.355 e. The van der Waals surface area contributed by atoms with Crippen LogP contribution < -0.4 is 16.0 Å². The van der Waals surface area contributed by atoms with Gasteiger partial charge in [0.25, 0.3) is 5.91 Å². The van der Waals surface area contributed by atoms with Crippen LogP contribution in [0.1, 0.15) is 34.3 Å². The Morgan fingerprint density at radius 2 is 1.64 bits per heavy atom. The SMILES string of the molecule is CNC(=O)c1ccccc1Nc1cc(NC(=O)C2(c3ccccc3)CC2)ncc1C(F)(F)F. The zero-order valence-corrected chi connectivity index (χ0v) is 17.7. The molecule has 3 aromatic rings. The van der Waals surface area contributed by atoms with Crippen molar-refractivity contribution in [1.29, 1.82) is 0 Å². The van der Waals surface area contributed by atoms with Gasteiger partial charge in [-0.05, 0) is 30.5 Å². The van der Waals surface area contributed by atoms with Gasteiger partial charge in [-0.15, -0.1) is 0 Å². The van der Waals surface area contributed by atoms with E-state index in [1.165, 1.54) is 19.2 Å². The Hall–Kier alpha value is -3.88. The molecule has 33 heavy (non-hydrogen) atoms. The number of hydrogen-bond donors (Lipinski definition) is 3. The highest BCUT2D eigenvalue weighted by molar-refractivity contribution is 6.02. The number of alkyl halides is 3. The van der Waals surface area contributed by atoms with Gasteiger partial charge in [0, 0.05) is 19.3 Å². The van der Waals surface area contributed by atoms with Gasteiger partial charge in [-0.25, -0.2) is 4.98 Å². The molecule has 0 unspecified atom stereocenters. The molecule has 0 bridgehead atoms. The van der Waals surface area contributed by atoms with Crippen LogP contribution in [0.4, 0.5) is 30.4 Å². The summed E-state index contributed by atoms with van der Waals surface area (Å²) >= 11 is 0. The summed E-state index contributed by atoms with van der Waals surface area (Å²) in [6, 6.07) is 16.6. The van der Waals surface area contributed by atoms with E-state index >= 15 is 0 Å². The molecular weight excluding hydrogens is 433 g/mol. The van der Waals surface area contributed by atoms with Crippen molar-refractivity contribution in [3.63, 3.8) is 0 Å². The van der Waals surface area contributed by atoms with E-state index in [0.29, 0.717) is 19.0 Å². The molecular formula is C24H21F3N4O2. The van der Waals surface area contributed by atoms with Gasteiger partial charge in [0.05, 0.1) is 27.9 Å². The lowest BCUT2D eigenvalue weighted by atomic mass is 9.95. The van der Waals surface area contributed by atoms with Crippen LogP contribution in [0.3, 0.4) is 0 Å². The Balaban J connectivity index is 1.66.